The molecule has 4 saturated heterocycles. The zero-order valence-electron chi connectivity index (χ0n) is 19.4. The summed E-state index contributed by atoms with van der Waals surface area (Å²) in [5.41, 5.74) is 0.408. The van der Waals surface area contributed by atoms with Gasteiger partial charge in [-0.3, -0.25) is 14.5 Å². The molecule has 4 aliphatic heterocycles. The van der Waals surface area contributed by atoms with E-state index in [0.29, 0.717) is 11.8 Å². The molecule has 0 aromatic rings. The predicted octanol–water partition coefficient (Wildman–Crippen LogP) is 2.34. The van der Waals surface area contributed by atoms with Crippen molar-refractivity contribution in [1.29, 1.82) is 0 Å². The summed E-state index contributed by atoms with van der Waals surface area (Å²) in [6.07, 6.45) is 8.01. The van der Waals surface area contributed by atoms with Crippen molar-refractivity contribution in [3.05, 3.63) is 0 Å². The molecular formula is C24H42N4O2. The molecule has 6 nitrogen and oxygen atoms in total. The fourth-order valence-corrected chi connectivity index (χ4v) is 6.57. The van der Waals surface area contributed by atoms with Crippen LogP contribution in [-0.4, -0.2) is 84.4 Å². The van der Waals surface area contributed by atoms with Crippen LogP contribution in [0.4, 0.5) is 0 Å². The fourth-order valence-electron chi connectivity index (χ4n) is 6.57. The van der Waals surface area contributed by atoms with E-state index in [4.69, 9.17) is 0 Å². The van der Waals surface area contributed by atoms with Gasteiger partial charge in [0.05, 0.1) is 0 Å². The Kier molecular flexibility index (Phi) is 6.45. The first-order valence-corrected chi connectivity index (χ1v) is 12.3. The van der Waals surface area contributed by atoms with Crippen molar-refractivity contribution in [2.45, 2.75) is 71.3 Å². The van der Waals surface area contributed by atoms with Gasteiger partial charge in [-0.15, -0.1) is 0 Å². The van der Waals surface area contributed by atoms with Gasteiger partial charge in [0.25, 0.3) is 0 Å². The average molecular weight is 419 g/mol. The molecule has 4 heterocycles. The van der Waals surface area contributed by atoms with Gasteiger partial charge < -0.3 is 15.1 Å². The van der Waals surface area contributed by atoms with E-state index in [1.54, 1.807) is 6.92 Å². The first-order chi connectivity index (χ1) is 14.3. The van der Waals surface area contributed by atoms with Crippen molar-refractivity contribution in [3.8, 4) is 0 Å². The molecule has 170 valence electrons. The van der Waals surface area contributed by atoms with E-state index < -0.39 is 0 Å². The molecule has 1 N–H and O–H groups in total. The van der Waals surface area contributed by atoms with Crippen molar-refractivity contribution < 1.29 is 9.59 Å². The summed E-state index contributed by atoms with van der Waals surface area (Å²) in [6, 6.07) is 0. The van der Waals surface area contributed by atoms with Gasteiger partial charge in [-0.25, -0.2) is 0 Å². The molecule has 4 rings (SSSR count). The third-order valence-corrected chi connectivity index (χ3v) is 9.23. The highest BCUT2D eigenvalue weighted by Crippen LogP contribution is 2.47. The van der Waals surface area contributed by atoms with E-state index in [2.05, 4.69) is 29.0 Å². The van der Waals surface area contributed by atoms with Gasteiger partial charge in [-0.1, -0.05) is 6.92 Å². The second-order valence-corrected chi connectivity index (χ2v) is 10.8. The number of rotatable bonds is 3. The zero-order valence-corrected chi connectivity index (χ0v) is 19.4. The van der Waals surface area contributed by atoms with Crippen LogP contribution in [0.3, 0.4) is 0 Å². The number of hydrogen-bond acceptors (Lipinski definition) is 4. The second kappa shape index (κ2) is 8.78. The van der Waals surface area contributed by atoms with E-state index in [0.717, 1.165) is 78.0 Å². The minimum absolute atomic E-state index is 0.155. The highest BCUT2D eigenvalue weighted by Gasteiger charge is 2.49. The van der Waals surface area contributed by atoms with E-state index >= 15 is 0 Å². The molecule has 6 heteroatoms. The van der Waals surface area contributed by atoms with E-state index in [1.165, 1.54) is 19.3 Å². The second-order valence-electron chi connectivity index (χ2n) is 10.8. The van der Waals surface area contributed by atoms with E-state index in [-0.39, 0.29) is 22.8 Å². The first kappa shape index (κ1) is 22.1. The minimum atomic E-state index is 0.155. The van der Waals surface area contributed by atoms with Crippen LogP contribution in [0.5, 0.6) is 0 Å². The maximum atomic E-state index is 13.3. The normalized spacial score (nSPS) is 30.6. The lowest BCUT2D eigenvalue weighted by Crippen LogP contribution is -2.60. The fraction of sp³-hybridized carbons (Fsp3) is 0.917. The maximum Gasteiger partial charge on any atom is 0.225 e. The number of likely N-dealkylation sites (tertiary alicyclic amines) is 3. The zero-order chi connectivity index (χ0) is 21.4. The van der Waals surface area contributed by atoms with Crippen LogP contribution in [-0.2, 0) is 9.59 Å². The first-order valence-electron chi connectivity index (χ1n) is 12.3. The van der Waals surface area contributed by atoms with Crippen molar-refractivity contribution in [2.24, 2.45) is 17.3 Å². The van der Waals surface area contributed by atoms with Crippen LogP contribution in [0.15, 0.2) is 0 Å². The lowest BCUT2D eigenvalue weighted by atomic mass is 9.64. The Labute approximate surface area is 182 Å². The number of carbonyl (C=O) groups excluding carboxylic acids is 2. The number of nitrogens with zero attached hydrogens (tertiary/aromatic N) is 3. The van der Waals surface area contributed by atoms with Crippen molar-refractivity contribution in [2.75, 3.05) is 52.4 Å². The standard InChI is InChI=1S/C24H42N4O2/c1-19-22(30)27(18-21-4-11-25-12-5-21)15-8-24(19)9-16-28(17-10-24)23(3)6-13-26(14-7-23)20(2)29/h19,21,25H,4-18H2,1-3H3. The molecule has 2 amide bonds. The Bertz CT molecular complexity index is 629. The Morgan fingerprint density at radius 1 is 1.00 bits per heavy atom. The van der Waals surface area contributed by atoms with Gasteiger partial charge in [0.2, 0.25) is 11.8 Å². The van der Waals surface area contributed by atoms with Crippen molar-refractivity contribution >= 4 is 11.8 Å². The van der Waals surface area contributed by atoms with Gasteiger partial charge in [0.15, 0.2) is 0 Å². The van der Waals surface area contributed by atoms with E-state index in [1.807, 2.05) is 4.90 Å². The van der Waals surface area contributed by atoms with Gasteiger partial charge in [0, 0.05) is 44.6 Å². The molecule has 0 saturated carbocycles. The molecule has 1 spiro atoms. The van der Waals surface area contributed by atoms with Crippen LogP contribution >= 0.6 is 0 Å². The Balaban J connectivity index is 1.32. The average Bonchev–Trinajstić information content (AvgIpc) is 2.76. The SMILES string of the molecule is CC(=O)N1CCC(C)(N2CCC3(CCN(CC4CCNCC4)C(=O)C3C)CC2)CC1. The summed E-state index contributed by atoms with van der Waals surface area (Å²) in [6.45, 7) is 14.4. The minimum Gasteiger partial charge on any atom is -0.343 e. The number of piperidine rings is 4. The number of amides is 2. The monoisotopic (exact) mass is 418 g/mol. The third kappa shape index (κ3) is 4.27. The summed E-state index contributed by atoms with van der Waals surface area (Å²) in [7, 11) is 0. The summed E-state index contributed by atoms with van der Waals surface area (Å²) < 4.78 is 0. The lowest BCUT2D eigenvalue weighted by Gasteiger charge is -2.55. The van der Waals surface area contributed by atoms with Crippen LogP contribution in [0.1, 0.15) is 65.7 Å². The Morgan fingerprint density at radius 3 is 2.20 bits per heavy atom. The quantitative estimate of drug-likeness (QED) is 0.764. The molecule has 1 atom stereocenters. The summed E-state index contributed by atoms with van der Waals surface area (Å²) in [4.78, 5) is 31.8. The molecule has 0 aromatic carbocycles. The smallest absolute Gasteiger partial charge is 0.225 e. The maximum absolute atomic E-state index is 13.3. The molecule has 0 bridgehead atoms. The molecule has 0 aromatic heterocycles. The van der Waals surface area contributed by atoms with Gasteiger partial charge in [-0.05, 0) is 89.4 Å². The summed E-state index contributed by atoms with van der Waals surface area (Å²) in [5.74, 6) is 1.45. The summed E-state index contributed by atoms with van der Waals surface area (Å²) >= 11 is 0. The molecular weight excluding hydrogens is 376 g/mol. The van der Waals surface area contributed by atoms with Crippen molar-refractivity contribution in [1.82, 2.24) is 20.0 Å². The van der Waals surface area contributed by atoms with Crippen molar-refractivity contribution in [3.63, 3.8) is 0 Å². The molecule has 30 heavy (non-hydrogen) atoms. The molecule has 1 unspecified atom stereocenters. The molecule has 0 aliphatic carbocycles. The third-order valence-electron chi connectivity index (χ3n) is 9.23. The van der Waals surface area contributed by atoms with Gasteiger partial charge >= 0.3 is 0 Å². The predicted molar refractivity (Wildman–Crippen MR) is 119 cm³/mol. The van der Waals surface area contributed by atoms with E-state index in [9.17, 15) is 9.59 Å². The Morgan fingerprint density at radius 2 is 1.60 bits per heavy atom. The van der Waals surface area contributed by atoms with Crippen LogP contribution < -0.4 is 5.32 Å². The highest BCUT2D eigenvalue weighted by atomic mass is 16.2. The number of carbonyl (C=O) groups is 2. The molecule has 4 aliphatic rings. The number of nitrogens with one attached hydrogen (secondary N) is 1. The van der Waals surface area contributed by atoms with Gasteiger partial charge in [-0.2, -0.15) is 0 Å². The number of hydrogen-bond donors (Lipinski definition) is 1. The Hall–Kier alpha value is -1.14. The topological polar surface area (TPSA) is 55.9 Å². The highest BCUT2D eigenvalue weighted by molar-refractivity contribution is 5.80. The van der Waals surface area contributed by atoms with Crippen LogP contribution in [0.25, 0.3) is 0 Å². The molecule has 4 fully saturated rings. The van der Waals surface area contributed by atoms with Gasteiger partial charge in [0.1, 0.15) is 0 Å². The largest absolute Gasteiger partial charge is 0.343 e. The summed E-state index contributed by atoms with van der Waals surface area (Å²) in [5, 5.41) is 3.43. The van der Waals surface area contributed by atoms with Crippen LogP contribution in [0, 0.1) is 17.3 Å². The van der Waals surface area contributed by atoms with Crippen LogP contribution in [0.2, 0.25) is 0 Å². The lowest BCUT2D eigenvalue weighted by molar-refractivity contribution is -0.150. The molecule has 0 radical (unpaired) electrons.